The number of aromatic amines is 1. The standard InChI is InChI=1S/C35H47N9O6/c1-37-17-9-15-27(33(48)40-22-32(47)39-21-30(36)45)43-34(49)28(18-25-12-6-3-7-13-25)44-35(50)29(19-26-20-38-23-41-26)42-31(46)16-8-14-24-10-4-2-5-11-24/h2-7,10-13,20,23,27-29,37H,8-9,14-19,21-22H2,1H3,(H2,36,45)(H,38,41)(H,39,47)(H,40,48)(H,42,46)(H,43,49)(H,44,50). The maximum absolute atomic E-state index is 13.8. The Labute approximate surface area is 291 Å². The Hall–Kier alpha value is -5.57. The quantitative estimate of drug-likeness (QED) is 0.0633. The molecule has 0 radical (unpaired) electrons. The molecule has 0 spiro atoms. The van der Waals surface area contributed by atoms with Gasteiger partial charge in [-0.3, -0.25) is 28.8 Å². The number of nitrogens with zero attached hydrogens (tertiary/aromatic N) is 1. The molecule has 3 rings (SSSR count). The molecule has 9 N–H and O–H groups in total. The van der Waals surface area contributed by atoms with Crippen LogP contribution in [0, 0.1) is 0 Å². The van der Waals surface area contributed by atoms with Crippen molar-refractivity contribution in [1.29, 1.82) is 0 Å². The number of aromatic nitrogens is 2. The van der Waals surface area contributed by atoms with E-state index in [-0.39, 0.29) is 38.1 Å². The van der Waals surface area contributed by atoms with E-state index in [0.29, 0.717) is 31.5 Å². The van der Waals surface area contributed by atoms with E-state index >= 15 is 0 Å². The summed E-state index contributed by atoms with van der Waals surface area (Å²) < 4.78 is 0. The minimum absolute atomic E-state index is 0.0978. The molecule has 6 amide bonds. The molecule has 0 fully saturated rings. The summed E-state index contributed by atoms with van der Waals surface area (Å²) in [5.41, 5.74) is 7.52. The molecule has 2 aromatic carbocycles. The summed E-state index contributed by atoms with van der Waals surface area (Å²) in [6.07, 6.45) is 5.44. The fourth-order valence-corrected chi connectivity index (χ4v) is 5.08. The minimum atomic E-state index is -1.12. The number of nitrogens with two attached hydrogens (primary N) is 1. The number of hydrogen-bond acceptors (Lipinski definition) is 8. The number of imidazole rings is 1. The summed E-state index contributed by atoms with van der Waals surface area (Å²) in [4.78, 5) is 83.8. The largest absolute Gasteiger partial charge is 0.368 e. The lowest BCUT2D eigenvalue weighted by atomic mass is 10.0. The molecule has 0 aliphatic rings. The number of carbonyl (C=O) groups excluding carboxylic acids is 6. The molecule has 50 heavy (non-hydrogen) atoms. The van der Waals surface area contributed by atoms with Crippen LogP contribution < -0.4 is 37.6 Å². The van der Waals surface area contributed by atoms with Crippen LogP contribution in [0.5, 0.6) is 0 Å². The molecule has 1 aromatic heterocycles. The molecule has 0 saturated heterocycles. The van der Waals surface area contributed by atoms with Crippen molar-refractivity contribution in [1.82, 2.24) is 41.9 Å². The van der Waals surface area contributed by atoms with Gasteiger partial charge in [0, 0.05) is 31.2 Å². The van der Waals surface area contributed by atoms with Gasteiger partial charge in [-0.2, -0.15) is 0 Å². The zero-order valence-corrected chi connectivity index (χ0v) is 28.2. The first-order chi connectivity index (χ1) is 24.1. The molecule has 0 bridgehead atoms. The molecule has 0 saturated carbocycles. The first kappa shape index (κ1) is 38.9. The van der Waals surface area contributed by atoms with Gasteiger partial charge in [-0.1, -0.05) is 60.7 Å². The smallest absolute Gasteiger partial charge is 0.243 e. The third-order valence-corrected chi connectivity index (χ3v) is 7.69. The minimum Gasteiger partial charge on any atom is -0.368 e. The van der Waals surface area contributed by atoms with E-state index in [0.717, 1.165) is 11.1 Å². The summed E-state index contributed by atoms with van der Waals surface area (Å²) in [6, 6.07) is 15.6. The molecule has 1 heterocycles. The fourth-order valence-electron chi connectivity index (χ4n) is 5.08. The Morgan fingerprint density at radius 2 is 1.36 bits per heavy atom. The highest BCUT2D eigenvalue weighted by Crippen LogP contribution is 2.09. The van der Waals surface area contributed by atoms with Crippen LogP contribution >= 0.6 is 0 Å². The number of aryl methyl sites for hydroxylation is 1. The van der Waals surface area contributed by atoms with Crippen molar-refractivity contribution in [3.05, 3.63) is 90.0 Å². The monoisotopic (exact) mass is 689 g/mol. The van der Waals surface area contributed by atoms with Gasteiger partial charge in [-0.15, -0.1) is 0 Å². The third-order valence-electron chi connectivity index (χ3n) is 7.69. The molecule has 3 aromatic rings. The summed E-state index contributed by atoms with van der Waals surface area (Å²) >= 11 is 0. The number of H-pyrrole nitrogens is 1. The summed E-state index contributed by atoms with van der Waals surface area (Å²) in [5, 5.41) is 16.1. The van der Waals surface area contributed by atoms with Gasteiger partial charge in [-0.25, -0.2) is 4.98 Å². The fraction of sp³-hybridized carbons (Fsp3) is 0.400. The molecule has 3 atom stereocenters. The Morgan fingerprint density at radius 1 is 0.720 bits per heavy atom. The van der Waals surface area contributed by atoms with Crippen molar-refractivity contribution in [2.24, 2.45) is 5.73 Å². The summed E-state index contributed by atoms with van der Waals surface area (Å²) in [7, 11) is 1.75. The predicted octanol–water partition coefficient (Wildman–Crippen LogP) is -0.610. The molecule has 15 heteroatoms. The van der Waals surface area contributed by atoms with E-state index in [2.05, 4.69) is 41.9 Å². The van der Waals surface area contributed by atoms with Crippen LogP contribution in [0.25, 0.3) is 0 Å². The number of hydrogen-bond donors (Lipinski definition) is 8. The van der Waals surface area contributed by atoms with E-state index in [1.165, 1.54) is 6.33 Å². The Morgan fingerprint density at radius 3 is 1.98 bits per heavy atom. The van der Waals surface area contributed by atoms with Gasteiger partial charge in [0.05, 0.1) is 19.4 Å². The number of amides is 6. The lowest BCUT2D eigenvalue weighted by molar-refractivity contribution is -0.134. The summed E-state index contributed by atoms with van der Waals surface area (Å²) in [5.74, 6) is -3.51. The average molecular weight is 690 g/mol. The predicted molar refractivity (Wildman–Crippen MR) is 186 cm³/mol. The number of benzene rings is 2. The van der Waals surface area contributed by atoms with E-state index in [1.54, 1.807) is 25.4 Å². The van der Waals surface area contributed by atoms with Crippen molar-refractivity contribution in [3.8, 4) is 0 Å². The van der Waals surface area contributed by atoms with Crippen LogP contribution in [-0.4, -0.2) is 90.2 Å². The molecular weight excluding hydrogens is 642 g/mol. The summed E-state index contributed by atoms with van der Waals surface area (Å²) in [6.45, 7) is -0.258. The van der Waals surface area contributed by atoms with Crippen LogP contribution in [0.3, 0.4) is 0 Å². The Balaban J connectivity index is 1.74. The first-order valence-electron chi connectivity index (χ1n) is 16.6. The SMILES string of the molecule is CNCCCC(NC(=O)C(Cc1ccccc1)NC(=O)C(Cc1cnc[nH]1)NC(=O)CCCc1ccccc1)C(=O)NCC(=O)NCC(N)=O. The van der Waals surface area contributed by atoms with Crippen molar-refractivity contribution in [2.45, 2.75) is 63.1 Å². The van der Waals surface area contributed by atoms with Gasteiger partial charge < -0.3 is 42.6 Å². The topological polar surface area (TPSA) is 229 Å². The molecule has 15 nitrogen and oxygen atoms in total. The maximum Gasteiger partial charge on any atom is 0.243 e. The van der Waals surface area contributed by atoms with Gasteiger partial charge in [0.15, 0.2) is 0 Å². The highest BCUT2D eigenvalue weighted by atomic mass is 16.2. The van der Waals surface area contributed by atoms with Crippen LogP contribution in [0.4, 0.5) is 0 Å². The molecular formula is C35H47N9O6. The first-order valence-corrected chi connectivity index (χ1v) is 16.6. The normalized spacial score (nSPS) is 12.5. The van der Waals surface area contributed by atoms with Gasteiger partial charge in [0.1, 0.15) is 18.1 Å². The van der Waals surface area contributed by atoms with Gasteiger partial charge in [0.25, 0.3) is 0 Å². The second-order valence-corrected chi connectivity index (χ2v) is 11.8. The van der Waals surface area contributed by atoms with Gasteiger partial charge in [0.2, 0.25) is 35.4 Å². The zero-order chi connectivity index (χ0) is 36.1. The molecule has 0 aliphatic heterocycles. The number of carbonyl (C=O) groups is 6. The molecule has 0 aliphatic carbocycles. The number of primary amides is 1. The molecule has 268 valence electrons. The second kappa shape index (κ2) is 21.4. The van der Waals surface area contributed by atoms with Gasteiger partial charge >= 0.3 is 0 Å². The number of nitrogens with one attached hydrogen (secondary N) is 7. The third kappa shape index (κ3) is 14.7. The van der Waals surface area contributed by atoms with Crippen LogP contribution in [0.15, 0.2) is 73.2 Å². The zero-order valence-electron chi connectivity index (χ0n) is 28.2. The lowest BCUT2D eigenvalue weighted by Crippen LogP contribution is -2.58. The average Bonchev–Trinajstić information content (AvgIpc) is 3.63. The second-order valence-electron chi connectivity index (χ2n) is 11.8. The van der Waals surface area contributed by atoms with Crippen LogP contribution in [-0.2, 0) is 48.0 Å². The van der Waals surface area contributed by atoms with Crippen molar-refractivity contribution in [2.75, 3.05) is 26.7 Å². The highest BCUT2D eigenvalue weighted by molar-refractivity contribution is 5.95. The van der Waals surface area contributed by atoms with E-state index in [1.807, 2.05) is 48.5 Å². The van der Waals surface area contributed by atoms with Crippen LogP contribution in [0.2, 0.25) is 0 Å². The van der Waals surface area contributed by atoms with Crippen molar-refractivity contribution >= 4 is 35.4 Å². The Bertz CT molecular complexity index is 1520. The maximum atomic E-state index is 13.8. The van der Waals surface area contributed by atoms with Crippen molar-refractivity contribution < 1.29 is 28.8 Å². The molecule has 3 unspecified atom stereocenters. The van der Waals surface area contributed by atoms with Crippen molar-refractivity contribution in [3.63, 3.8) is 0 Å². The van der Waals surface area contributed by atoms with Crippen LogP contribution in [0.1, 0.15) is 42.5 Å². The van der Waals surface area contributed by atoms with E-state index in [9.17, 15) is 28.8 Å². The lowest BCUT2D eigenvalue weighted by Gasteiger charge is -2.25. The number of rotatable bonds is 22. The van der Waals surface area contributed by atoms with E-state index < -0.39 is 54.2 Å². The van der Waals surface area contributed by atoms with E-state index in [4.69, 9.17) is 5.73 Å². The Kier molecular flexibility index (Phi) is 16.6. The van der Waals surface area contributed by atoms with Gasteiger partial charge in [-0.05, 0) is 50.4 Å². The highest BCUT2D eigenvalue weighted by Gasteiger charge is 2.30.